The van der Waals surface area contributed by atoms with E-state index < -0.39 is 0 Å². The summed E-state index contributed by atoms with van der Waals surface area (Å²) in [6, 6.07) is 16.2. The Morgan fingerprint density at radius 1 is 1.03 bits per heavy atom. The number of thioether (sulfide) groups is 1. The zero-order valence-corrected chi connectivity index (χ0v) is 20.0. The molecule has 3 aromatic rings. The van der Waals surface area contributed by atoms with E-state index >= 15 is 0 Å². The molecule has 4 rings (SSSR count). The number of urea groups is 1. The summed E-state index contributed by atoms with van der Waals surface area (Å²) in [7, 11) is 0. The van der Waals surface area contributed by atoms with Crippen LogP contribution in [0.25, 0.3) is 6.08 Å². The van der Waals surface area contributed by atoms with Crippen molar-refractivity contribution in [2.45, 2.75) is 5.03 Å². The average molecular weight is 490 g/mol. The first-order chi connectivity index (χ1) is 17.2. The second-order valence-corrected chi connectivity index (χ2v) is 8.83. The highest BCUT2D eigenvalue weighted by molar-refractivity contribution is 7.99. The smallest absolute Gasteiger partial charge is 0.319 e. The molecule has 180 valence electrons. The third kappa shape index (κ3) is 7.66. The number of aromatic nitrogens is 2. The van der Waals surface area contributed by atoms with Gasteiger partial charge >= 0.3 is 6.03 Å². The van der Waals surface area contributed by atoms with E-state index in [-0.39, 0.29) is 11.8 Å². The van der Waals surface area contributed by atoms with E-state index in [1.54, 1.807) is 54.5 Å². The van der Waals surface area contributed by atoms with Gasteiger partial charge in [0.25, 0.3) is 0 Å². The molecular formula is C26H27N5O3S. The van der Waals surface area contributed by atoms with Gasteiger partial charge in [0.05, 0.1) is 23.9 Å². The molecule has 1 aromatic carbocycles. The fraction of sp³-hybridized carbons (Fsp3) is 0.231. The van der Waals surface area contributed by atoms with Crippen LogP contribution in [0.5, 0.6) is 0 Å². The summed E-state index contributed by atoms with van der Waals surface area (Å²) >= 11 is 1.58. The molecule has 0 atom stereocenters. The minimum absolute atomic E-state index is 0.133. The van der Waals surface area contributed by atoms with Crippen LogP contribution in [-0.2, 0) is 4.74 Å². The van der Waals surface area contributed by atoms with E-state index in [0.29, 0.717) is 36.8 Å². The van der Waals surface area contributed by atoms with Crippen LogP contribution in [-0.4, -0.2) is 60.4 Å². The molecule has 1 aliphatic heterocycles. The van der Waals surface area contributed by atoms with Gasteiger partial charge in [-0.3, -0.25) is 9.78 Å². The minimum atomic E-state index is -0.295. The molecule has 1 fully saturated rings. The lowest BCUT2D eigenvalue weighted by atomic mass is 10.1. The Balaban J connectivity index is 1.24. The van der Waals surface area contributed by atoms with Gasteiger partial charge in [-0.05, 0) is 60.7 Å². The molecule has 0 saturated carbocycles. The van der Waals surface area contributed by atoms with Crippen molar-refractivity contribution >= 4 is 41.0 Å². The highest BCUT2D eigenvalue weighted by Crippen LogP contribution is 2.17. The van der Waals surface area contributed by atoms with E-state index in [1.165, 1.54) is 6.08 Å². The van der Waals surface area contributed by atoms with Gasteiger partial charge in [-0.15, -0.1) is 11.8 Å². The summed E-state index contributed by atoms with van der Waals surface area (Å²) in [5, 5.41) is 6.51. The summed E-state index contributed by atoms with van der Waals surface area (Å²) in [6.07, 6.45) is 6.72. The predicted molar refractivity (Wildman–Crippen MR) is 139 cm³/mol. The van der Waals surface area contributed by atoms with Crippen molar-refractivity contribution < 1.29 is 14.3 Å². The molecule has 2 amide bonds. The Bertz CT molecular complexity index is 1150. The number of carbonyl (C=O) groups excluding carboxylic acids is 2. The van der Waals surface area contributed by atoms with Gasteiger partial charge in [0.1, 0.15) is 0 Å². The molecule has 0 unspecified atom stereocenters. The topological polar surface area (TPSA) is 96.5 Å². The van der Waals surface area contributed by atoms with Crippen LogP contribution in [0.2, 0.25) is 0 Å². The number of ether oxygens (including phenoxy) is 1. The predicted octanol–water partition coefficient (Wildman–Crippen LogP) is 4.12. The molecule has 1 saturated heterocycles. The van der Waals surface area contributed by atoms with Crippen LogP contribution < -0.4 is 15.5 Å². The van der Waals surface area contributed by atoms with Gasteiger partial charge in [-0.2, -0.15) is 0 Å². The van der Waals surface area contributed by atoms with E-state index in [4.69, 9.17) is 4.74 Å². The van der Waals surface area contributed by atoms with E-state index in [2.05, 4.69) is 25.5 Å². The third-order valence-electron chi connectivity index (χ3n) is 5.25. The van der Waals surface area contributed by atoms with E-state index in [0.717, 1.165) is 29.5 Å². The molecule has 3 heterocycles. The molecule has 0 bridgehead atoms. The number of allylic oxidation sites excluding steroid dienone is 1. The van der Waals surface area contributed by atoms with Crippen molar-refractivity contribution in [3.8, 4) is 0 Å². The standard InChI is InChI=1S/C26H27N5O3S/c32-24(9-8-22-19-23(10-12-27-22)31-14-16-34-17-15-31)20-4-6-21(7-5-20)30-26(33)29-13-18-35-25-3-1-2-11-28-25/h1-12,19H,13-18H2,(H2,29,30,33). The molecule has 9 heteroatoms. The second-order valence-electron chi connectivity index (χ2n) is 7.71. The van der Waals surface area contributed by atoms with Crippen molar-refractivity contribution in [2.24, 2.45) is 0 Å². The van der Waals surface area contributed by atoms with Crippen LogP contribution in [0.4, 0.5) is 16.2 Å². The first kappa shape index (κ1) is 24.4. The largest absolute Gasteiger partial charge is 0.378 e. The number of benzene rings is 1. The number of carbonyl (C=O) groups is 2. The number of ketones is 1. The number of morpholine rings is 1. The van der Waals surface area contributed by atoms with Crippen LogP contribution in [0.3, 0.4) is 0 Å². The van der Waals surface area contributed by atoms with Crippen molar-refractivity contribution in [3.05, 3.63) is 84.3 Å². The molecule has 35 heavy (non-hydrogen) atoms. The molecular weight excluding hydrogens is 462 g/mol. The number of nitrogens with one attached hydrogen (secondary N) is 2. The number of amides is 2. The second kappa shape index (κ2) is 12.7. The molecule has 2 N–H and O–H groups in total. The lowest BCUT2D eigenvalue weighted by molar-refractivity contribution is 0.104. The fourth-order valence-electron chi connectivity index (χ4n) is 3.45. The van der Waals surface area contributed by atoms with Gasteiger partial charge in [-0.25, -0.2) is 9.78 Å². The minimum Gasteiger partial charge on any atom is -0.378 e. The van der Waals surface area contributed by atoms with Crippen molar-refractivity contribution in [2.75, 3.05) is 48.8 Å². The Morgan fingerprint density at radius 2 is 1.86 bits per heavy atom. The Hall–Kier alpha value is -3.69. The maximum atomic E-state index is 12.6. The molecule has 1 aliphatic rings. The molecule has 0 radical (unpaired) electrons. The SMILES string of the molecule is O=C(NCCSc1ccccn1)Nc1ccc(C(=O)C=Cc2cc(N3CCOCC3)ccn2)cc1. The Morgan fingerprint density at radius 3 is 2.63 bits per heavy atom. The highest BCUT2D eigenvalue weighted by Gasteiger charge is 2.11. The fourth-order valence-corrected chi connectivity index (χ4v) is 4.17. The first-order valence-electron chi connectivity index (χ1n) is 11.4. The zero-order valence-electron chi connectivity index (χ0n) is 19.2. The van der Waals surface area contributed by atoms with Crippen LogP contribution in [0, 0.1) is 0 Å². The summed E-state index contributed by atoms with van der Waals surface area (Å²) in [5.41, 5.74) is 2.93. The van der Waals surface area contributed by atoms with Gasteiger partial charge in [-0.1, -0.05) is 6.07 Å². The number of rotatable bonds is 9. The van der Waals surface area contributed by atoms with Gasteiger partial charge in [0, 0.05) is 54.7 Å². The number of pyridine rings is 2. The highest BCUT2D eigenvalue weighted by atomic mass is 32.2. The maximum Gasteiger partial charge on any atom is 0.319 e. The summed E-state index contributed by atoms with van der Waals surface area (Å²) in [5.74, 6) is 0.583. The lowest BCUT2D eigenvalue weighted by Gasteiger charge is -2.28. The number of hydrogen-bond donors (Lipinski definition) is 2. The van der Waals surface area contributed by atoms with Gasteiger partial charge in [0.15, 0.2) is 5.78 Å². The number of hydrogen-bond acceptors (Lipinski definition) is 7. The quantitative estimate of drug-likeness (QED) is 0.202. The van der Waals surface area contributed by atoms with Gasteiger partial charge in [0.2, 0.25) is 0 Å². The first-order valence-corrected chi connectivity index (χ1v) is 12.4. The van der Waals surface area contributed by atoms with Crippen LogP contribution in [0.15, 0.2) is 78.1 Å². The van der Waals surface area contributed by atoms with Crippen molar-refractivity contribution in [3.63, 3.8) is 0 Å². The average Bonchev–Trinajstić information content (AvgIpc) is 2.91. The van der Waals surface area contributed by atoms with E-state index in [9.17, 15) is 9.59 Å². The van der Waals surface area contributed by atoms with Crippen LogP contribution >= 0.6 is 11.8 Å². The zero-order chi connectivity index (χ0) is 24.3. The summed E-state index contributed by atoms with van der Waals surface area (Å²) in [6.45, 7) is 3.62. The lowest BCUT2D eigenvalue weighted by Crippen LogP contribution is -2.36. The van der Waals surface area contributed by atoms with Crippen molar-refractivity contribution in [1.82, 2.24) is 15.3 Å². The van der Waals surface area contributed by atoms with Gasteiger partial charge < -0.3 is 20.3 Å². The normalized spacial score (nSPS) is 13.5. The Kier molecular flexibility index (Phi) is 8.85. The number of anilines is 2. The molecule has 8 nitrogen and oxygen atoms in total. The molecule has 0 aliphatic carbocycles. The third-order valence-corrected chi connectivity index (χ3v) is 6.19. The van der Waals surface area contributed by atoms with Crippen LogP contribution in [0.1, 0.15) is 16.1 Å². The maximum absolute atomic E-state index is 12.6. The monoisotopic (exact) mass is 489 g/mol. The molecule has 2 aromatic heterocycles. The van der Waals surface area contributed by atoms with Crippen molar-refractivity contribution in [1.29, 1.82) is 0 Å². The molecule has 0 spiro atoms. The van der Waals surface area contributed by atoms with E-state index in [1.807, 2.05) is 30.3 Å². The summed E-state index contributed by atoms with van der Waals surface area (Å²) in [4.78, 5) is 35.5. The number of nitrogens with zero attached hydrogens (tertiary/aromatic N) is 3. The Labute approximate surface area is 208 Å². The summed E-state index contributed by atoms with van der Waals surface area (Å²) < 4.78 is 5.40.